The van der Waals surface area contributed by atoms with Gasteiger partial charge in [0.1, 0.15) is 30.0 Å². The number of nitrogens with zero attached hydrogens (tertiary/aromatic N) is 2. The summed E-state index contributed by atoms with van der Waals surface area (Å²) in [4.78, 5) is 148. The number of rotatable bonds is 18. The normalized spacial score (nSPS) is 21.2. The number of benzene rings is 2. The molecule has 0 spiro atoms. The Hall–Kier alpha value is -8.38. The summed E-state index contributed by atoms with van der Waals surface area (Å²) >= 11 is 0. The number of primary amides is 2. The zero-order valence-electron chi connectivity index (χ0n) is 42.1. The Labute approximate surface area is 433 Å². The molecule has 1 aromatic heterocycles. The van der Waals surface area contributed by atoms with Crippen molar-refractivity contribution < 1.29 is 47.9 Å². The summed E-state index contributed by atoms with van der Waals surface area (Å²) in [5.74, 6) is -10.6. The largest absolute Gasteiger partial charge is 0.370 e. The van der Waals surface area contributed by atoms with Crippen LogP contribution in [0.2, 0.25) is 0 Å². The van der Waals surface area contributed by atoms with Crippen LogP contribution in [0.25, 0.3) is 10.9 Å². The fraction of sp³-hybridized carbons (Fsp3) is 0.480. The highest BCUT2D eigenvalue weighted by molar-refractivity contribution is 6.00. The number of para-hydroxylation sites is 1. The standard InChI is InChI=1S/C50H71N15O10/c1-28(66)61-36(17-10-20-59-50(55)56)46(73)65-39-26-43(70)57-18-8-7-16-35(44(52)71)62-45(72)31(22-32-27-60-34-15-6-5-14-33(32)34)24-40(67)30(13-9-19-58-49(53)54)23-41(68)37(21-29-11-3-2-4-12-29)63-47(74)38(25-42(51)69)64-48(39)75/h2-6,11-12,14-15,27,30-31,35-39,60H,7-10,13,16-26H2,1H3,(H2,51,69)(H2,52,71)(H,57,70)(H,61,66)(H,62,72)(H,63,74)(H,64,75)(H,65,73)(H4,53,54,58)(H4,55,56,59)/t30-,31-,35+,36+,37-,38+,39+/m1/s1. The van der Waals surface area contributed by atoms with Gasteiger partial charge in [0.05, 0.1) is 18.9 Å². The lowest BCUT2D eigenvalue weighted by molar-refractivity contribution is -0.137. The molecule has 1 fully saturated rings. The van der Waals surface area contributed by atoms with Crippen molar-refractivity contribution in [2.45, 2.75) is 121 Å². The number of nitrogens with one attached hydrogen (secondary N) is 7. The monoisotopic (exact) mass is 1040 g/mol. The summed E-state index contributed by atoms with van der Waals surface area (Å²) in [5.41, 5.74) is 35.5. The number of aromatic nitrogens is 1. The van der Waals surface area contributed by atoms with Gasteiger partial charge in [-0.2, -0.15) is 0 Å². The topological polar surface area (TPSA) is 440 Å². The van der Waals surface area contributed by atoms with Crippen molar-refractivity contribution in [2.24, 2.45) is 56.2 Å². The number of nitrogens with two attached hydrogens (primary N) is 6. The predicted octanol–water partition coefficient (Wildman–Crippen LogP) is -2.29. The number of carbonyl (C=O) groups excluding carboxylic acids is 10. The fourth-order valence-corrected chi connectivity index (χ4v) is 8.62. The SMILES string of the molecule is CC(=O)N[C@@H](CCCN=C(N)N)C(=O)N[C@H]1CC(=O)NCCCC[C@@H](C(N)=O)NC(=O)[C@H](Cc2c[nH]c3ccccc23)CC(=O)[C@H](CCCN=C(N)N)CC(=O)[C@@H](Cc2ccccc2)NC(=O)[C@H](CC(N)=O)NC1=O. The van der Waals surface area contributed by atoms with Gasteiger partial charge in [-0.1, -0.05) is 48.5 Å². The molecular formula is C50H71N15O10. The van der Waals surface area contributed by atoms with E-state index < -0.39 is 120 Å². The van der Waals surface area contributed by atoms with Crippen LogP contribution in [0.1, 0.15) is 88.7 Å². The number of hydrogen-bond donors (Lipinski definition) is 13. The Balaban J connectivity index is 1.78. The molecule has 7 atom stereocenters. The molecule has 3 aromatic rings. The first kappa shape index (κ1) is 59.2. The zero-order chi connectivity index (χ0) is 55.0. The van der Waals surface area contributed by atoms with Crippen LogP contribution in [-0.4, -0.2) is 126 Å². The molecule has 0 radical (unpaired) electrons. The quantitative estimate of drug-likeness (QED) is 0.0363. The van der Waals surface area contributed by atoms with Crippen molar-refractivity contribution in [1.82, 2.24) is 36.9 Å². The lowest BCUT2D eigenvalue weighted by atomic mass is 9.83. The lowest BCUT2D eigenvalue weighted by Gasteiger charge is -2.27. The van der Waals surface area contributed by atoms with Gasteiger partial charge in [0, 0.05) is 68.3 Å². The van der Waals surface area contributed by atoms with Crippen LogP contribution in [0.5, 0.6) is 0 Å². The molecule has 0 bridgehead atoms. The van der Waals surface area contributed by atoms with E-state index in [2.05, 4.69) is 46.9 Å². The number of carbonyl (C=O) groups is 10. The molecule has 2 aromatic carbocycles. The maximum Gasteiger partial charge on any atom is 0.243 e. The number of aromatic amines is 1. The Morgan fingerprint density at radius 3 is 2.03 bits per heavy atom. The minimum atomic E-state index is -1.77. The summed E-state index contributed by atoms with van der Waals surface area (Å²) in [6, 6.07) is 8.60. The van der Waals surface area contributed by atoms with Crippen LogP contribution in [0.4, 0.5) is 0 Å². The molecule has 1 aliphatic heterocycles. The van der Waals surface area contributed by atoms with Gasteiger partial charge < -0.3 is 71.3 Å². The van der Waals surface area contributed by atoms with Crippen LogP contribution < -0.4 is 66.3 Å². The van der Waals surface area contributed by atoms with E-state index in [1.165, 1.54) is 6.92 Å². The highest BCUT2D eigenvalue weighted by Crippen LogP contribution is 2.26. The van der Waals surface area contributed by atoms with Crippen molar-refractivity contribution >= 4 is 81.6 Å². The highest BCUT2D eigenvalue weighted by Gasteiger charge is 2.36. The van der Waals surface area contributed by atoms with Crippen LogP contribution in [0, 0.1) is 11.8 Å². The molecule has 75 heavy (non-hydrogen) atoms. The molecule has 2 heterocycles. The summed E-state index contributed by atoms with van der Waals surface area (Å²) < 4.78 is 0. The van der Waals surface area contributed by atoms with Crippen molar-refractivity contribution in [3.8, 4) is 0 Å². The van der Waals surface area contributed by atoms with E-state index in [1.807, 2.05) is 24.3 Å². The molecule has 19 N–H and O–H groups in total. The molecule has 0 aliphatic carbocycles. The summed E-state index contributed by atoms with van der Waals surface area (Å²) in [5, 5.41) is 16.2. The van der Waals surface area contributed by atoms with E-state index >= 15 is 0 Å². The molecular weight excluding hydrogens is 971 g/mol. The van der Waals surface area contributed by atoms with E-state index in [9.17, 15) is 47.9 Å². The van der Waals surface area contributed by atoms with Crippen molar-refractivity contribution in [3.05, 3.63) is 71.9 Å². The van der Waals surface area contributed by atoms with Gasteiger partial charge in [0.15, 0.2) is 17.7 Å². The van der Waals surface area contributed by atoms with E-state index in [0.29, 0.717) is 11.1 Å². The summed E-state index contributed by atoms with van der Waals surface area (Å²) in [6.07, 6.45) is 0.313. The number of amides is 8. The maximum absolute atomic E-state index is 14.7. The molecule has 0 saturated carbocycles. The van der Waals surface area contributed by atoms with Gasteiger partial charge in [0.25, 0.3) is 0 Å². The predicted molar refractivity (Wildman–Crippen MR) is 278 cm³/mol. The van der Waals surface area contributed by atoms with E-state index in [4.69, 9.17) is 34.4 Å². The number of guanidine groups is 2. The second kappa shape index (κ2) is 30.0. The second-order valence-electron chi connectivity index (χ2n) is 18.5. The van der Waals surface area contributed by atoms with E-state index in [0.717, 1.165) is 10.9 Å². The molecule has 25 nitrogen and oxygen atoms in total. The first-order chi connectivity index (χ1) is 35.7. The Morgan fingerprint density at radius 2 is 1.36 bits per heavy atom. The van der Waals surface area contributed by atoms with Gasteiger partial charge in [-0.15, -0.1) is 0 Å². The molecule has 1 saturated heterocycles. The number of hydrogen-bond acceptors (Lipinski definition) is 12. The minimum Gasteiger partial charge on any atom is -0.370 e. The molecule has 0 unspecified atom stereocenters. The molecule has 406 valence electrons. The Morgan fingerprint density at radius 1 is 0.707 bits per heavy atom. The van der Waals surface area contributed by atoms with Crippen molar-refractivity contribution in [1.29, 1.82) is 0 Å². The number of ketones is 2. The number of aliphatic imine (C=N–C) groups is 2. The fourth-order valence-electron chi connectivity index (χ4n) is 8.62. The molecule has 8 amide bonds. The van der Waals surface area contributed by atoms with E-state index in [1.54, 1.807) is 36.5 Å². The third-order valence-electron chi connectivity index (χ3n) is 12.5. The Bertz CT molecular complexity index is 2560. The van der Waals surface area contributed by atoms with Crippen molar-refractivity contribution in [2.75, 3.05) is 19.6 Å². The minimum absolute atomic E-state index is 0.00745. The Kier molecular flexibility index (Phi) is 23.6. The van der Waals surface area contributed by atoms with Gasteiger partial charge in [-0.05, 0) is 75.0 Å². The third-order valence-corrected chi connectivity index (χ3v) is 12.5. The average molecular weight is 1040 g/mol. The molecule has 1 aliphatic rings. The lowest BCUT2D eigenvalue weighted by Crippen LogP contribution is -2.59. The van der Waals surface area contributed by atoms with Crippen LogP contribution in [0.3, 0.4) is 0 Å². The smallest absolute Gasteiger partial charge is 0.243 e. The first-order valence-corrected chi connectivity index (χ1v) is 24.8. The van der Waals surface area contributed by atoms with Crippen LogP contribution in [-0.2, 0) is 60.8 Å². The van der Waals surface area contributed by atoms with Gasteiger partial charge >= 0.3 is 0 Å². The number of H-pyrrole nitrogens is 1. The zero-order valence-corrected chi connectivity index (χ0v) is 42.1. The van der Waals surface area contributed by atoms with E-state index in [-0.39, 0.29) is 95.8 Å². The van der Waals surface area contributed by atoms with Gasteiger partial charge in [-0.25, -0.2) is 0 Å². The number of Topliss-reactive ketones (excluding diaryl/α,β-unsaturated/α-hetero) is 2. The molecule has 4 rings (SSSR count). The second-order valence-corrected chi connectivity index (χ2v) is 18.5. The van der Waals surface area contributed by atoms with Crippen LogP contribution >= 0.6 is 0 Å². The first-order valence-electron chi connectivity index (χ1n) is 24.8. The third kappa shape index (κ3) is 20.6. The molecule has 25 heteroatoms. The van der Waals surface area contributed by atoms with Crippen LogP contribution in [0.15, 0.2) is 70.8 Å². The average Bonchev–Trinajstić information content (AvgIpc) is 3.76. The van der Waals surface area contributed by atoms with Gasteiger partial charge in [0.2, 0.25) is 47.3 Å². The summed E-state index contributed by atoms with van der Waals surface area (Å²) in [7, 11) is 0. The van der Waals surface area contributed by atoms with Crippen molar-refractivity contribution in [3.63, 3.8) is 0 Å². The number of fused-ring (bicyclic) bond motifs is 1. The summed E-state index contributed by atoms with van der Waals surface area (Å²) in [6.45, 7) is 1.34. The highest BCUT2D eigenvalue weighted by atomic mass is 16.2. The van der Waals surface area contributed by atoms with Gasteiger partial charge in [-0.3, -0.25) is 57.9 Å². The maximum atomic E-state index is 14.7.